The zero-order chi connectivity index (χ0) is 33.6. The number of nitrogens with zero attached hydrogens (tertiary/aromatic N) is 9. The van der Waals surface area contributed by atoms with Crippen molar-refractivity contribution in [2.75, 3.05) is 12.5 Å². The summed E-state index contributed by atoms with van der Waals surface area (Å²) in [5, 5.41) is 23.3. The number of nitro benzene ring substituents is 2. The van der Waals surface area contributed by atoms with E-state index in [0.29, 0.717) is 28.3 Å². The van der Waals surface area contributed by atoms with Gasteiger partial charge in [-0.3, -0.25) is 29.8 Å². The molecule has 16 heteroatoms. The highest BCUT2D eigenvalue weighted by Crippen LogP contribution is 2.19. The lowest BCUT2D eigenvalue weighted by molar-refractivity contribution is -0.385. The Labute approximate surface area is 283 Å². The third kappa shape index (κ3) is 10.8. The van der Waals surface area contributed by atoms with Gasteiger partial charge in [0.15, 0.2) is 10.3 Å². The number of hydrogen-bond donors (Lipinski definition) is 0. The van der Waals surface area contributed by atoms with E-state index < -0.39 is 4.92 Å². The summed E-state index contributed by atoms with van der Waals surface area (Å²) in [6.45, 7) is 0. The fourth-order valence-corrected chi connectivity index (χ4v) is 5.05. The molecule has 13 nitrogen and oxygen atoms in total. The molecule has 0 N–H and O–H groups in total. The van der Waals surface area contributed by atoms with Crippen LogP contribution in [0, 0.1) is 20.2 Å². The predicted molar refractivity (Wildman–Crippen MR) is 184 cm³/mol. The number of nitro groups is 2. The summed E-state index contributed by atoms with van der Waals surface area (Å²) in [6, 6.07) is 16.7. The maximum atomic E-state index is 10.9. The number of aliphatic imine (C=N–C) groups is 1. The molecule has 0 bridgehead atoms. The van der Waals surface area contributed by atoms with E-state index >= 15 is 0 Å². The Morgan fingerprint density at radius 2 is 1.43 bits per heavy atom. The van der Waals surface area contributed by atoms with Gasteiger partial charge in [-0.15, -0.1) is 0 Å². The van der Waals surface area contributed by atoms with Crippen molar-refractivity contribution in [3.05, 3.63) is 140 Å². The number of rotatable bonds is 9. The Balaban J connectivity index is 0.000000178. The van der Waals surface area contributed by atoms with E-state index in [9.17, 15) is 20.2 Å². The van der Waals surface area contributed by atoms with Crippen molar-refractivity contribution in [2.24, 2.45) is 4.99 Å². The molecule has 4 heterocycles. The first-order valence-electron chi connectivity index (χ1n) is 13.8. The normalized spacial score (nSPS) is 11.5. The molecule has 47 heavy (non-hydrogen) atoms. The average molecular weight is 690 g/mol. The van der Waals surface area contributed by atoms with Crippen LogP contribution in [-0.2, 0) is 12.8 Å². The van der Waals surface area contributed by atoms with Crippen molar-refractivity contribution in [3.8, 4) is 5.82 Å². The zero-order valence-electron chi connectivity index (χ0n) is 25.2. The summed E-state index contributed by atoms with van der Waals surface area (Å²) in [7, 11) is 0. The minimum atomic E-state index is -0.398. The van der Waals surface area contributed by atoms with Crippen LogP contribution in [0.4, 0.5) is 11.4 Å². The molecule has 1 aliphatic heterocycles. The van der Waals surface area contributed by atoms with Gasteiger partial charge in [-0.25, -0.2) is 24.9 Å². The van der Waals surface area contributed by atoms with Gasteiger partial charge in [0, 0.05) is 80.2 Å². The van der Waals surface area contributed by atoms with Crippen LogP contribution < -0.4 is 0 Å². The second-order valence-corrected chi connectivity index (χ2v) is 11.4. The smallest absolute Gasteiger partial charge is 0.269 e. The standard InChI is InChI=1S/C15H13N5O2S.C11H10N2O2.C5H5ClN2S/c1-23-15-17-6-5-13(18-15)19-8-7-16-14(19)10-11-3-2-4-12(9-11)20(21)22;14-13(15)11-5-1-3-9(8-11)7-10-4-2-6-12-10;1-9-5-7-3-2-4(6)8-5/h2-9H,10H2,1H3;1-3,5-6,8H,4,7H2;2-3H,1H3. The Morgan fingerprint density at radius 1 is 0.809 bits per heavy atom. The van der Waals surface area contributed by atoms with Crippen molar-refractivity contribution in [1.82, 2.24) is 29.5 Å². The molecule has 5 aromatic rings. The summed E-state index contributed by atoms with van der Waals surface area (Å²) in [5.41, 5.74) is 3.03. The number of imidazole rings is 1. The number of benzene rings is 2. The molecule has 6 rings (SSSR count). The lowest BCUT2D eigenvalue weighted by Crippen LogP contribution is -2.04. The number of thioether (sulfide) groups is 2. The SMILES string of the molecule is CSc1nccc(-n2ccnc2Cc2cccc([N+](=O)[O-])c2)n1.CSc1nccc(Cl)n1.O=[N+]([O-])c1cccc(CC2=NC=CC2)c1. The molecule has 0 amide bonds. The Morgan fingerprint density at radius 3 is 1.98 bits per heavy atom. The minimum Gasteiger partial charge on any atom is -0.288 e. The van der Waals surface area contributed by atoms with Gasteiger partial charge in [0.25, 0.3) is 11.4 Å². The lowest BCUT2D eigenvalue weighted by atomic mass is 10.1. The Kier molecular flexibility index (Phi) is 13.1. The molecule has 0 saturated carbocycles. The summed E-state index contributed by atoms with van der Waals surface area (Å²) in [6.07, 6.45) is 16.4. The Bertz CT molecular complexity index is 1900. The van der Waals surface area contributed by atoms with Gasteiger partial charge in [-0.1, -0.05) is 65.5 Å². The van der Waals surface area contributed by atoms with Gasteiger partial charge >= 0.3 is 0 Å². The second kappa shape index (κ2) is 17.6. The van der Waals surface area contributed by atoms with E-state index in [0.717, 1.165) is 34.9 Å². The van der Waals surface area contributed by atoms with E-state index in [1.54, 1.807) is 61.2 Å². The molecule has 2 aromatic carbocycles. The van der Waals surface area contributed by atoms with Gasteiger partial charge < -0.3 is 0 Å². The number of aromatic nitrogens is 6. The van der Waals surface area contributed by atoms with Crippen LogP contribution in [0.5, 0.6) is 0 Å². The molecular weight excluding hydrogens is 662 g/mol. The van der Waals surface area contributed by atoms with Crippen molar-refractivity contribution in [3.63, 3.8) is 0 Å². The number of halogens is 1. The maximum Gasteiger partial charge on any atom is 0.269 e. The average Bonchev–Trinajstić information content (AvgIpc) is 3.78. The molecule has 0 unspecified atom stereocenters. The van der Waals surface area contributed by atoms with Crippen molar-refractivity contribution in [1.29, 1.82) is 0 Å². The van der Waals surface area contributed by atoms with Gasteiger partial charge in [-0.05, 0) is 35.8 Å². The summed E-state index contributed by atoms with van der Waals surface area (Å²) in [4.78, 5) is 45.6. The first-order chi connectivity index (χ1) is 22.7. The molecule has 1 aliphatic rings. The van der Waals surface area contributed by atoms with Crippen LogP contribution in [0.15, 0.2) is 113 Å². The third-order valence-corrected chi connectivity index (χ3v) is 7.61. The quantitative estimate of drug-likeness (QED) is 0.0503. The maximum absolute atomic E-state index is 10.9. The van der Waals surface area contributed by atoms with Crippen LogP contribution >= 0.6 is 35.1 Å². The molecule has 0 radical (unpaired) electrons. The molecule has 240 valence electrons. The number of hydrogen-bond acceptors (Lipinski definition) is 12. The van der Waals surface area contributed by atoms with E-state index in [2.05, 4.69) is 29.9 Å². The van der Waals surface area contributed by atoms with Crippen molar-refractivity contribution < 1.29 is 9.85 Å². The molecule has 0 atom stereocenters. The third-order valence-electron chi connectivity index (χ3n) is 6.28. The summed E-state index contributed by atoms with van der Waals surface area (Å²) in [5.74, 6) is 1.48. The van der Waals surface area contributed by atoms with Crippen molar-refractivity contribution in [2.45, 2.75) is 29.6 Å². The van der Waals surface area contributed by atoms with Gasteiger partial charge in [0.2, 0.25) is 0 Å². The van der Waals surface area contributed by atoms with E-state index in [-0.39, 0.29) is 16.3 Å². The van der Waals surface area contributed by atoms with Gasteiger partial charge in [-0.2, -0.15) is 0 Å². The van der Waals surface area contributed by atoms with Crippen LogP contribution in [-0.4, -0.2) is 57.6 Å². The lowest BCUT2D eigenvalue weighted by Gasteiger charge is -2.07. The van der Waals surface area contributed by atoms with Crippen LogP contribution in [0.25, 0.3) is 5.82 Å². The summed E-state index contributed by atoms with van der Waals surface area (Å²) < 4.78 is 1.86. The van der Waals surface area contributed by atoms with Gasteiger partial charge in [0.1, 0.15) is 16.8 Å². The molecule has 0 saturated heterocycles. The van der Waals surface area contributed by atoms with E-state index in [1.807, 2.05) is 41.5 Å². The van der Waals surface area contributed by atoms with Crippen LogP contribution in [0.1, 0.15) is 23.4 Å². The number of non-ortho nitro benzene ring substituents is 2. The highest BCUT2D eigenvalue weighted by Gasteiger charge is 2.12. The second-order valence-electron chi connectivity index (χ2n) is 9.47. The predicted octanol–water partition coefficient (Wildman–Crippen LogP) is 7.23. The highest BCUT2D eigenvalue weighted by molar-refractivity contribution is 7.98. The monoisotopic (exact) mass is 689 g/mol. The fourth-order valence-electron chi connectivity index (χ4n) is 4.15. The topological polar surface area (TPSA) is 168 Å². The van der Waals surface area contributed by atoms with Crippen LogP contribution in [0.3, 0.4) is 0 Å². The van der Waals surface area contributed by atoms with Crippen molar-refractivity contribution >= 4 is 52.2 Å². The molecular formula is C31H28ClN9O4S2. The summed E-state index contributed by atoms with van der Waals surface area (Å²) >= 11 is 8.50. The minimum absolute atomic E-state index is 0.0762. The van der Waals surface area contributed by atoms with Crippen LogP contribution in [0.2, 0.25) is 5.15 Å². The first kappa shape index (κ1) is 34.9. The van der Waals surface area contributed by atoms with Gasteiger partial charge in [0.05, 0.1) is 9.85 Å². The fraction of sp³-hybridized carbons (Fsp3) is 0.161. The molecule has 0 aliphatic carbocycles. The molecule has 0 spiro atoms. The zero-order valence-corrected chi connectivity index (χ0v) is 27.6. The van der Waals surface area contributed by atoms with E-state index in [4.69, 9.17) is 11.6 Å². The number of allylic oxidation sites excluding steroid dienone is 1. The molecule has 3 aromatic heterocycles. The largest absolute Gasteiger partial charge is 0.288 e. The first-order valence-corrected chi connectivity index (χ1v) is 16.7. The van der Waals surface area contributed by atoms with E-state index in [1.165, 1.54) is 35.7 Å². The highest BCUT2D eigenvalue weighted by atomic mass is 35.5. The Hall–Kier alpha value is -4.99. The molecule has 0 fully saturated rings.